The summed E-state index contributed by atoms with van der Waals surface area (Å²) in [6, 6.07) is 2.68. The fraction of sp³-hybridized carbons (Fsp3) is 0.636. The molecule has 1 aromatic heterocycles. The summed E-state index contributed by atoms with van der Waals surface area (Å²) in [7, 11) is 2.02. The molecule has 1 aromatic rings. The second kappa shape index (κ2) is 5.74. The van der Waals surface area contributed by atoms with E-state index in [4.69, 9.17) is 11.6 Å². The zero-order valence-corrected chi connectivity index (χ0v) is 10.6. The van der Waals surface area contributed by atoms with Crippen molar-refractivity contribution in [3.8, 4) is 0 Å². The minimum atomic E-state index is 0.478. The molecule has 0 fully saturated rings. The maximum atomic E-state index is 6.06. The van der Waals surface area contributed by atoms with Crippen LogP contribution in [0.15, 0.2) is 6.07 Å². The van der Waals surface area contributed by atoms with Gasteiger partial charge in [-0.2, -0.15) is 0 Å². The average Bonchev–Trinajstić information content (AvgIpc) is 2.48. The molecule has 1 nitrogen and oxygen atoms in total. The van der Waals surface area contributed by atoms with Crippen molar-refractivity contribution in [3.63, 3.8) is 0 Å². The van der Waals surface area contributed by atoms with Crippen LogP contribution in [0.5, 0.6) is 0 Å². The normalized spacial score (nSPS) is 13.1. The highest BCUT2D eigenvalue weighted by molar-refractivity contribution is 7.16. The van der Waals surface area contributed by atoms with Crippen LogP contribution >= 0.6 is 22.9 Å². The largest absolute Gasteiger partial charge is 0.312 e. The Hall–Kier alpha value is -0.0500. The van der Waals surface area contributed by atoms with Crippen LogP contribution in [0.3, 0.4) is 0 Å². The number of thiophene rings is 1. The second-order valence-corrected chi connectivity index (χ2v) is 5.27. The lowest BCUT2D eigenvalue weighted by atomic mass is 10.1. The van der Waals surface area contributed by atoms with Crippen molar-refractivity contribution < 1.29 is 0 Å². The predicted molar refractivity (Wildman–Crippen MR) is 65.4 cm³/mol. The van der Waals surface area contributed by atoms with E-state index >= 15 is 0 Å². The molecular weight excluding hydrogens is 214 g/mol. The first kappa shape index (κ1) is 12.0. The lowest BCUT2D eigenvalue weighted by molar-refractivity contribution is 0.530. The van der Waals surface area contributed by atoms with Gasteiger partial charge in [0.15, 0.2) is 0 Å². The van der Waals surface area contributed by atoms with Crippen molar-refractivity contribution >= 4 is 22.9 Å². The highest BCUT2D eigenvalue weighted by atomic mass is 35.5. The van der Waals surface area contributed by atoms with Gasteiger partial charge in [0.05, 0.1) is 4.34 Å². The van der Waals surface area contributed by atoms with Crippen molar-refractivity contribution in [2.75, 3.05) is 7.05 Å². The summed E-state index contributed by atoms with van der Waals surface area (Å²) >= 11 is 7.76. The van der Waals surface area contributed by atoms with Gasteiger partial charge in [-0.25, -0.2) is 0 Å². The summed E-state index contributed by atoms with van der Waals surface area (Å²) in [6.07, 6.45) is 3.71. The first-order valence-electron chi connectivity index (χ1n) is 5.12. The van der Waals surface area contributed by atoms with Crippen LogP contribution in [0.2, 0.25) is 4.34 Å². The maximum Gasteiger partial charge on any atom is 0.0960 e. The first-order valence-corrected chi connectivity index (χ1v) is 6.31. The number of hydrogen-bond acceptors (Lipinski definition) is 2. The van der Waals surface area contributed by atoms with E-state index in [1.54, 1.807) is 11.3 Å². The standard InChI is InChI=1S/C11H18ClNS/c1-4-5-6-9(13-3)10-7-8(2)11(12)14-10/h7,9,13H,4-6H2,1-3H3. The van der Waals surface area contributed by atoms with E-state index < -0.39 is 0 Å². The average molecular weight is 232 g/mol. The Kier molecular flexibility index (Phi) is 4.93. The molecule has 0 amide bonds. The Bertz CT molecular complexity index is 263. The van der Waals surface area contributed by atoms with Crippen molar-refractivity contribution in [2.24, 2.45) is 0 Å². The van der Waals surface area contributed by atoms with E-state index in [9.17, 15) is 0 Å². The molecule has 3 heteroatoms. The van der Waals surface area contributed by atoms with Gasteiger partial charge in [0.25, 0.3) is 0 Å². The number of nitrogens with one attached hydrogen (secondary N) is 1. The van der Waals surface area contributed by atoms with Gasteiger partial charge in [0.2, 0.25) is 0 Å². The lowest BCUT2D eigenvalue weighted by Crippen LogP contribution is -2.14. The van der Waals surface area contributed by atoms with E-state index in [1.807, 2.05) is 7.05 Å². The fourth-order valence-corrected chi connectivity index (χ4v) is 2.85. The number of halogens is 1. The van der Waals surface area contributed by atoms with Crippen molar-refractivity contribution in [1.82, 2.24) is 5.32 Å². The smallest absolute Gasteiger partial charge is 0.0960 e. The van der Waals surface area contributed by atoms with Crippen LogP contribution in [0.4, 0.5) is 0 Å². The number of hydrogen-bond donors (Lipinski definition) is 1. The van der Waals surface area contributed by atoms with Crippen LogP contribution in [-0.2, 0) is 0 Å². The van der Waals surface area contributed by atoms with Gasteiger partial charge in [0, 0.05) is 10.9 Å². The van der Waals surface area contributed by atoms with Gasteiger partial charge in [-0.15, -0.1) is 11.3 Å². The number of unbranched alkanes of at least 4 members (excludes halogenated alkanes) is 1. The summed E-state index contributed by atoms with van der Waals surface area (Å²) < 4.78 is 0.928. The highest BCUT2D eigenvalue weighted by Gasteiger charge is 2.12. The van der Waals surface area contributed by atoms with Crippen molar-refractivity contribution in [2.45, 2.75) is 39.2 Å². The summed E-state index contributed by atoms with van der Waals surface area (Å²) in [5, 5.41) is 3.35. The molecule has 1 atom stereocenters. The van der Waals surface area contributed by atoms with Crippen LogP contribution < -0.4 is 5.32 Å². The fourth-order valence-electron chi connectivity index (χ4n) is 1.49. The van der Waals surface area contributed by atoms with Gasteiger partial charge in [-0.3, -0.25) is 0 Å². The highest BCUT2D eigenvalue weighted by Crippen LogP contribution is 2.32. The van der Waals surface area contributed by atoms with Crippen LogP contribution in [0, 0.1) is 6.92 Å². The Labute approximate surface area is 95.5 Å². The van der Waals surface area contributed by atoms with E-state index in [0.29, 0.717) is 6.04 Å². The summed E-state index contributed by atoms with van der Waals surface area (Å²) in [6.45, 7) is 4.29. The lowest BCUT2D eigenvalue weighted by Gasteiger charge is -2.13. The molecule has 1 heterocycles. The molecule has 0 aliphatic heterocycles. The second-order valence-electron chi connectivity index (χ2n) is 3.59. The van der Waals surface area contributed by atoms with E-state index in [0.717, 1.165) is 4.34 Å². The molecule has 0 saturated carbocycles. The van der Waals surface area contributed by atoms with Crippen LogP contribution in [0.25, 0.3) is 0 Å². The topological polar surface area (TPSA) is 12.0 Å². The minimum Gasteiger partial charge on any atom is -0.312 e. The maximum absolute atomic E-state index is 6.06. The molecule has 1 N–H and O–H groups in total. The van der Waals surface area contributed by atoms with E-state index in [2.05, 4.69) is 25.2 Å². The van der Waals surface area contributed by atoms with Gasteiger partial charge < -0.3 is 5.32 Å². The summed E-state index contributed by atoms with van der Waals surface area (Å²) in [4.78, 5) is 1.36. The van der Waals surface area contributed by atoms with E-state index in [1.165, 1.54) is 29.7 Å². The minimum absolute atomic E-state index is 0.478. The van der Waals surface area contributed by atoms with Crippen LogP contribution in [0.1, 0.15) is 42.7 Å². The van der Waals surface area contributed by atoms with Gasteiger partial charge in [0.1, 0.15) is 0 Å². The number of aryl methyl sites for hydroxylation is 1. The third kappa shape index (κ3) is 2.97. The molecule has 0 radical (unpaired) electrons. The molecule has 0 bridgehead atoms. The molecule has 0 aliphatic rings. The molecule has 0 saturated heterocycles. The Morgan fingerprint density at radius 2 is 2.29 bits per heavy atom. The molecular formula is C11H18ClNS. The zero-order valence-electron chi connectivity index (χ0n) is 9.06. The molecule has 0 aromatic carbocycles. The molecule has 0 aliphatic carbocycles. The quantitative estimate of drug-likeness (QED) is 0.803. The monoisotopic (exact) mass is 231 g/mol. The van der Waals surface area contributed by atoms with Gasteiger partial charge in [-0.05, 0) is 32.0 Å². The van der Waals surface area contributed by atoms with Gasteiger partial charge >= 0.3 is 0 Å². The number of rotatable bonds is 5. The molecule has 1 unspecified atom stereocenters. The third-order valence-corrected chi connectivity index (χ3v) is 4.08. The molecule has 14 heavy (non-hydrogen) atoms. The van der Waals surface area contributed by atoms with Crippen LogP contribution in [-0.4, -0.2) is 7.05 Å². The van der Waals surface area contributed by atoms with E-state index in [-0.39, 0.29) is 0 Å². The molecule has 80 valence electrons. The summed E-state index contributed by atoms with van der Waals surface area (Å²) in [5.74, 6) is 0. The predicted octanol–water partition coefficient (Wildman–Crippen LogP) is 4.16. The summed E-state index contributed by atoms with van der Waals surface area (Å²) in [5.41, 5.74) is 1.20. The molecule has 0 spiro atoms. The van der Waals surface area contributed by atoms with Gasteiger partial charge in [-0.1, -0.05) is 31.4 Å². The first-order chi connectivity index (χ1) is 6.69. The Balaban J connectivity index is 2.68. The third-order valence-electron chi connectivity index (χ3n) is 2.41. The molecule has 1 rings (SSSR count). The Morgan fingerprint density at radius 3 is 2.71 bits per heavy atom. The van der Waals surface area contributed by atoms with Crippen molar-refractivity contribution in [3.05, 3.63) is 20.8 Å². The Morgan fingerprint density at radius 1 is 1.57 bits per heavy atom. The zero-order chi connectivity index (χ0) is 10.6. The van der Waals surface area contributed by atoms with Crippen molar-refractivity contribution in [1.29, 1.82) is 0 Å². The SMILES string of the molecule is CCCCC(NC)c1cc(C)c(Cl)s1.